The molecule has 0 spiro atoms. The molecule has 3 rings (SSSR count). The van der Waals surface area contributed by atoms with E-state index in [1.165, 1.54) is 32.4 Å². The lowest BCUT2D eigenvalue weighted by molar-refractivity contribution is -0.107. The summed E-state index contributed by atoms with van der Waals surface area (Å²) in [6, 6.07) is 14.0. The minimum Gasteiger partial charge on any atom is -0.494 e. The number of hydrogen-bond acceptors (Lipinski definition) is 7. The van der Waals surface area contributed by atoms with Gasteiger partial charge in [-0.1, -0.05) is 54.3 Å². The third-order valence-electron chi connectivity index (χ3n) is 4.86. The highest BCUT2D eigenvalue weighted by atomic mass is 32.2. The van der Waals surface area contributed by atoms with E-state index in [0.29, 0.717) is 18.2 Å². The third kappa shape index (κ3) is 7.94. The van der Waals surface area contributed by atoms with Gasteiger partial charge in [0.15, 0.2) is 5.13 Å². The molecule has 0 radical (unpaired) electrons. The summed E-state index contributed by atoms with van der Waals surface area (Å²) in [6.07, 6.45) is 4.56. The summed E-state index contributed by atoms with van der Waals surface area (Å²) in [5, 5.41) is 5.09. The molecule has 176 valence electrons. The zero-order chi connectivity index (χ0) is 24.2. The largest absolute Gasteiger partial charge is 0.494 e. The number of carbonyl (C=O) groups is 1. The molecule has 3 N–H and O–H groups in total. The van der Waals surface area contributed by atoms with Crippen LogP contribution in [0, 0.1) is 0 Å². The van der Waals surface area contributed by atoms with Crippen LogP contribution in [0.4, 0.5) is 5.13 Å². The van der Waals surface area contributed by atoms with Crippen molar-refractivity contribution >= 4 is 49.6 Å². The molecule has 33 heavy (non-hydrogen) atoms. The van der Waals surface area contributed by atoms with Crippen LogP contribution in [0.15, 0.2) is 59.1 Å². The summed E-state index contributed by atoms with van der Waals surface area (Å²) in [7, 11) is 1.98. The molecule has 0 saturated heterocycles. The number of hydrogen-bond donors (Lipinski definition) is 2. The average molecular weight is 484 g/mol. The molecule has 0 aliphatic rings. The Bertz CT molecular complexity index is 1100. The number of nitrogens with zero attached hydrogens (tertiary/aromatic N) is 1. The van der Waals surface area contributed by atoms with Gasteiger partial charge in [0.1, 0.15) is 12.0 Å². The molecular formula is C26H33N3O2S2. The lowest BCUT2D eigenvalue weighted by Gasteiger charge is -2.13. The zero-order valence-corrected chi connectivity index (χ0v) is 21.6. The Labute approximate surface area is 205 Å². The van der Waals surface area contributed by atoms with Crippen LogP contribution in [0.2, 0.25) is 0 Å². The second-order valence-electron chi connectivity index (χ2n) is 7.15. The van der Waals surface area contributed by atoms with Crippen molar-refractivity contribution < 1.29 is 9.53 Å². The van der Waals surface area contributed by atoms with Gasteiger partial charge in [-0.05, 0) is 68.2 Å². The number of rotatable bonds is 9. The van der Waals surface area contributed by atoms with Gasteiger partial charge < -0.3 is 20.6 Å². The summed E-state index contributed by atoms with van der Waals surface area (Å²) in [5.74, 6) is 0.922. The van der Waals surface area contributed by atoms with E-state index in [0.717, 1.165) is 34.2 Å². The van der Waals surface area contributed by atoms with Crippen molar-refractivity contribution in [2.75, 3.05) is 19.4 Å². The van der Waals surface area contributed by atoms with Crippen LogP contribution in [0.25, 0.3) is 15.1 Å². The van der Waals surface area contributed by atoms with E-state index in [1.54, 1.807) is 11.8 Å². The molecule has 1 heterocycles. The lowest BCUT2D eigenvalue weighted by Crippen LogP contribution is -2.05. The van der Waals surface area contributed by atoms with E-state index < -0.39 is 0 Å². The fourth-order valence-corrected chi connectivity index (χ4v) is 4.81. The standard InChI is InChI=1S/C17H25NOS.C9H8N2OS/c1-6-13(4)17(18-5)20-16(7-2)14-9-11-15(12-10-14)19-8-3;10-9-11-7-2-1-6(3-4-12)5-8(7)13-9/h7,9-12,18H,6,8H2,1-5H3;1-2,4-5H,3H2,(H2,10,11)/b16-7-,17-13?;. The van der Waals surface area contributed by atoms with Gasteiger partial charge in [-0.3, -0.25) is 0 Å². The molecule has 0 atom stereocenters. The Morgan fingerprint density at radius 1 is 1.21 bits per heavy atom. The molecule has 0 saturated carbocycles. The highest BCUT2D eigenvalue weighted by molar-refractivity contribution is 8.11. The van der Waals surface area contributed by atoms with Crippen LogP contribution in [0.3, 0.4) is 0 Å². The predicted octanol–water partition coefficient (Wildman–Crippen LogP) is 6.66. The number of carbonyl (C=O) groups excluding carboxylic acids is 1. The third-order valence-corrected chi connectivity index (χ3v) is 7.15. The van der Waals surface area contributed by atoms with Gasteiger partial charge in [0.2, 0.25) is 0 Å². The van der Waals surface area contributed by atoms with Crippen LogP contribution < -0.4 is 15.8 Å². The topological polar surface area (TPSA) is 77.2 Å². The molecule has 2 aromatic carbocycles. The number of aromatic nitrogens is 1. The number of nitrogen functional groups attached to an aromatic ring is 1. The van der Waals surface area contributed by atoms with Crippen molar-refractivity contribution in [2.24, 2.45) is 0 Å². The van der Waals surface area contributed by atoms with E-state index in [-0.39, 0.29) is 0 Å². The number of benzene rings is 2. The Hall–Kier alpha value is -2.77. The first kappa shape index (κ1) is 26.5. The number of aldehydes is 1. The molecule has 3 aromatic rings. The number of allylic oxidation sites excluding steroid dienone is 2. The fraction of sp³-hybridized carbons (Fsp3) is 0.308. The van der Waals surface area contributed by atoms with Crippen molar-refractivity contribution in [2.45, 2.75) is 40.5 Å². The van der Waals surface area contributed by atoms with Crippen molar-refractivity contribution in [1.82, 2.24) is 10.3 Å². The second-order valence-corrected chi connectivity index (χ2v) is 9.26. The van der Waals surface area contributed by atoms with E-state index >= 15 is 0 Å². The Morgan fingerprint density at radius 2 is 1.94 bits per heavy atom. The van der Waals surface area contributed by atoms with E-state index in [2.05, 4.69) is 49.3 Å². The molecule has 0 bridgehead atoms. The van der Waals surface area contributed by atoms with Gasteiger partial charge >= 0.3 is 0 Å². The first-order chi connectivity index (χ1) is 15.9. The Morgan fingerprint density at radius 3 is 2.52 bits per heavy atom. The predicted molar refractivity (Wildman–Crippen MR) is 145 cm³/mol. The molecule has 7 heteroatoms. The number of thioether (sulfide) groups is 1. The number of fused-ring (bicyclic) bond motifs is 1. The number of nitrogens with one attached hydrogen (secondary N) is 1. The SMILES string of the molecule is C/C=C(\SC(NC)=C(C)CC)c1ccc(OCC)cc1.Nc1nc2ccc(CC=O)cc2s1. The van der Waals surface area contributed by atoms with E-state index in [4.69, 9.17) is 10.5 Å². The summed E-state index contributed by atoms with van der Waals surface area (Å²) < 4.78 is 6.52. The highest BCUT2D eigenvalue weighted by Gasteiger charge is 2.07. The van der Waals surface area contributed by atoms with Crippen molar-refractivity contribution in [1.29, 1.82) is 0 Å². The normalized spacial score (nSPS) is 12.0. The maximum Gasteiger partial charge on any atom is 0.181 e. The van der Waals surface area contributed by atoms with Crippen LogP contribution in [0.1, 0.15) is 45.2 Å². The van der Waals surface area contributed by atoms with E-state index in [1.807, 2.05) is 44.3 Å². The van der Waals surface area contributed by atoms with Crippen LogP contribution >= 0.6 is 23.1 Å². The number of ether oxygens (including phenoxy) is 1. The van der Waals surface area contributed by atoms with Gasteiger partial charge in [-0.2, -0.15) is 0 Å². The maximum atomic E-state index is 10.3. The quantitative estimate of drug-likeness (QED) is 0.331. The molecular weight excluding hydrogens is 450 g/mol. The molecule has 0 aliphatic heterocycles. The molecule has 0 unspecified atom stereocenters. The molecule has 0 amide bonds. The molecule has 5 nitrogen and oxygen atoms in total. The zero-order valence-electron chi connectivity index (χ0n) is 20.0. The van der Waals surface area contributed by atoms with E-state index in [9.17, 15) is 4.79 Å². The minimum atomic E-state index is 0.452. The second kappa shape index (κ2) is 13.7. The summed E-state index contributed by atoms with van der Waals surface area (Å²) >= 11 is 3.23. The number of anilines is 1. The van der Waals surface area contributed by atoms with Crippen LogP contribution in [-0.2, 0) is 11.2 Å². The first-order valence-corrected chi connectivity index (χ1v) is 12.6. The van der Waals surface area contributed by atoms with Crippen LogP contribution in [0.5, 0.6) is 5.75 Å². The van der Waals surface area contributed by atoms with Crippen molar-refractivity contribution in [3.8, 4) is 5.75 Å². The summed E-state index contributed by atoms with van der Waals surface area (Å²) in [4.78, 5) is 15.7. The van der Waals surface area contributed by atoms with Gasteiger partial charge in [-0.15, -0.1) is 0 Å². The average Bonchev–Trinajstić information content (AvgIpc) is 3.20. The number of thiazole rings is 1. The number of nitrogens with two attached hydrogens (primary N) is 1. The van der Waals surface area contributed by atoms with Gasteiger partial charge in [-0.25, -0.2) is 4.98 Å². The summed E-state index contributed by atoms with van der Waals surface area (Å²) in [6.45, 7) is 9.13. The molecule has 0 aliphatic carbocycles. The van der Waals surface area contributed by atoms with Gasteiger partial charge in [0.25, 0.3) is 0 Å². The van der Waals surface area contributed by atoms with Gasteiger partial charge in [0, 0.05) is 18.4 Å². The van der Waals surface area contributed by atoms with Crippen molar-refractivity contribution in [3.05, 3.63) is 70.3 Å². The lowest BCUT2D eigenvalue weighted by atomic mass is 10.2. The first-order valence-electron chi connectivity index (χ1n) is 11.0. The summed E-state index contributed by atoms with van der Waals surface area (Å²) in [5.41, 5.74) is 10.1. The van der Waals surface area contributed by atoms with Gasteiger partial charge in [0.05, 0.1) is 21.9 Å². The minimum absolute atomic E-state index is 0.452. The monoisotopic (exact) mass is 483 g/mol. The van der Waals surface area contributed by atoms with Crippen LogP contribution in [-0.4, -0.2) is 24.9 Å². The smallest absolute Gasteiger partial charge is 0.181 e. The molecule has 1 aromatic heterocycles. The highest BCUT2D eigenvalue weighted by Crippen LogP contribution is 2.34. The Kier molecular flexibility index (Phi) is 11.0. The Balaban J connectivity index is 0.000000254. The fourth-order valence-electron chi connectivity index (χ4n) is 3.00. The molecule has 0 fully saturated rings. The maximum absolute atomic E-state index is 10.3. The van der Waals surface area contributed by atoms with Crippen molar-refractivity contribution in [3.63, 3.8) is 0 Å².